The number of hydrogen-bond donors (Lipinski definition) is 0. The van der Waals surface area contributed by atoms with Crippen LogP contribution in [0.3, 0.4) is 0 Å². The Bertz CT molecular complexity index is 763. The maximum absolute atomic E-state index is 12.4. The van der Waals surface area contributed by atoms with Gasteiger partial charge in [-0.2, -0.15) is 0 Å². The van der Waals surface area contributed by atoms with E-state index in [0.29, 0.717) is 30.3 Å². The van der Waals surface area contributed by atoms with E-state index in [1.807, 2.05) is 38.1 Å². The molecule has 2 aromatic rings. The van der Waals surface area contributed by atoms with Crippen molar-refractivity contribution in [3.8, 4) is 17.2 Å². The number of rotatable bonds is 10. The average Bonchev–Trinajstić information content (AvgIpc) is 2.67. The number of benzene rings is 2. The average molecular weight is 370 g/mol. The fraction of sp³-hybridized carbons (Fsp3) is 0.318. The van der Waals surface area contributed by atoms with Crippen LogP contribution >= 0.6 is 0 Å². The van der Waals surface area contributed by atoms with Gasteiger partial charge in [0.25, 0.3) is 0 Å². The molecule has 0 heterocycles. The number of carbonyl (C=O) groups excluding carboxylic acids is 1. The van der Waals surface area contributed by atoms with Gasteiger partial charge in [-0.25, -0.2) is 0 Å². The third-order valence-electron chi connectivity index (χ3n) is 3.67. The van der Waals surface area contributed by atoms with Crippen molar-refractivity contribution in [1.82, 2.24) is 0 Å². The lowest BCUT2D eigenvalue weighted by Crippen LogP contribution is -2.06. The predicted molar refractivity (Wildman–Crippen MR) is 106 cm³/mol. The molecule has 0 unspecified atom stereocenters. The van der Waals surface area contributed by atoms with Crippen molar-refractivity contribution in [3.05, 3.63) is 59.7 Å². The first kappa shape index (κ1) is 20.5. The van der Waals surface area contributed by atoms with E-state index in [0.717, 1.165) is 11.3 Å². The highest BCUT2D eigenvalue weighted by Gasteiger charge is 2.09. The molecule has 0 atom stereocenters. The molecule has 0 fully saturated rings. The first-order valence-electron chi connectivity index (χ1n) is 8.82. The molecule has 0 amide bonds. The zero-order chi connectivity index (χ0) is 19.6. The standard InChI is InChI=1S/C22H26O5/c1-16(2)27-19-9-5-17(6-10-19)7-11-20(23)18-8-12-21(22(15-18)25-4)26-14-13-24-3/h5-12,15-16H,13-14H2,1-4H3/b11-7+. The molecule has 0 aliphatic carbocycles. The Kier molecular flexibility index (Phi) is 7.89. The van der Waals surface area contributed by atoms with Crippen molar-refractivity contribution in [2.45, 2.75) is 20.0 Å². The van der Waals surface area contributed by atoms with Crippen LogP contribution in [0.4, 0.5) is 0 Å². The highest BCUT2D eigenvalue weighted by Crippen LogP contribution is 2.28. The van der Waals surface area contributed by atoms with E-state index < -0.39 is 0 Å². The summed E-state index contributed by atoms with van der Waals surface area (Å²) in [6.45, 7) is 4.85. The second-order valence-electron chi connectivity index (χ2n) is 6.14. The summed E-state index contributed by atoms with van der Waals surface area (Å²) in [5, 5.41) is 0. The third-order valence-corrected chi connectivity index (χ3v) is 3.67. The van der Waals surface area contributed by atoms with E-state index in [2.05, 4.69) is 0 Å². The summed E-state index contributed by atoms with van der Waals surface area (Å²) in [7, 11) is 3.16. The largest absolute Gasteiger partial charge is 0.493 e. The number of ketones is 1. The van der Waals surface area contributed by atoms with Crippen molar-refractivity contribution >= 4 is 11.9 Å². The molecule has 0 saturated heterocycles. The van der Waals surface area contributed by atoms with Crippen molar-refractivity contribution in [1.29, 1.82) is 0 Å². The summed E-state index contributed by atoms with van der Waals surface area (Å²) >= 11 is 0. The summed E-state index contributed by atoms with van der Waals surface area (Å²) in [6.07, 6.45) is 3.44. The normalized spacial score (nSPS) is 11.0. The minimum atomic E-state index is -0.112. The van der Waals surface area contributed by atoms with Gasteiger partial charge in [0.15, 0.2) is 17.3 Å². The highest BCUT2D eigenvalue weighted by atomic mass is 16.5. The Morgan fingerprint density at radius 2 is 1.74 bits per heavy atom. The molecule has 5 heteroatoms. The van der Waals surface area contributed by atoms with Gasteiger partial charge >= 0.3 is 0 Å². The van der Waals surface area contributed by atoms with Gasteiger partial charge in [0.05, 0.1) is 19.8 Å². The lowest BCUT2D eigenvalue weighted by Gasteiger charge is -2.11. The molecule has 2 rings (SSSR count). The van der Waals surface area contributed by atoms with Gasteiger partial charge in [0.2, 0.25) is 0 Å². The van der Waals surface area contributed by atoms with Gasteiger partial charge in [-0.05, 0) is 55.8 Å². The third kappa shape index (κ3) is 6.46. The summed E-state index contributed by atoms with van der Waals surface area (Å²) in [6, 6.07) is 12.7. The molecule has 5 nitrogen and oxygen atoms in total. The van der Waals surface area contributed by atoms with Gasteiger partial charge in [0.1, 0.15) is 12.4 Å². The van der Waals surface area contributed by atoms with Crippen LogP contribution in [0.5, 0.6) is 17.2 Å². The Morgan fingerprint density at radius 1 is 1.00 bits per heavy atom. The summed E-state index contributed by atoms with van der Waals surface area (Å²) in [4.78, 5) is 12.4. The quantitative estimate of drug-likeness (QED) is 0.352. The van der Waals surface area contributed by atoms with E-state index in [4.69, 9.17) is 18.9 Å². The topological polar surface area (TPSA) is 54.0 Å². The van der Waals surface area contributed by atoms with Crippen LogP contribution in [0.2, 0.25) is 0 Å². The maximum atomic E-state index is 12.4. The fourth-order valence-electron chi connectivity index (χ4n) is 2.37. The molecule has 2 aromatic carbocycles. The molecule has 27 heavy (non-hydrogen) atoms. The smallest absolute Gasteiger partial charge is 0.185 e. The molecular weight excluding hydrogens is 344 g/mol. The molecule has 0 aliphatic rings. The molecule has 0 aliphatic heterocycles. The SMILES string of the molecule is COCCOc1ccc(C(=O)/C=C/c2ccc(OC(C)C)cc2)cc1OC. The van der Waals surface area contributed by atoms with Crippen LogP contribution in [0.1, 0.15) is 29.8 Å². The van der Waals surface area contributed by atoms with Crippen LogP contribution < -0.4 is 14.2 Å². The monoisotopic (exact) mass is 370 g/mol. The number of methoxy groups -OCH3 is 2. The van der Waals surface area contributed by atoms with E-state index in [9.17, 15) is 4.79 Å². The maximum Gasteiger partial charge on any atom is 0.185 e. The Morgan fingerprint density at radius 3 is 2.37 bits per heavy atom. The summed E-state index contributed by atoms with van der Waals surface area (Å²) in [5.74, 6) is 1.79. The molecule has 0 aromatic heterocycles. The van der Waals surface area contributed by atoms with E-state index in [1.165, 1.54) is 0 Å². The zero-order valence-corrected chi connectivity index (χ0v) is 16.2. The number of ether oxygens (including phenoxy) is 4. The zero-order valence-electron chi connectivity index (χ0n) is 16.2. The minimum Gasteiger partial charge on any atom is -0.493 e. The second kappa shape index (κ2) is 10.4. The Balaban J connectivity index is 2.05. The lowest BCUT2D eigenvalue weighted by molar-refractivity contribution is 0.104. The Hall–Kier alpha value is -2.79. The van der Waals surface area contributed by atoms with Crippen LogP contribution in [0.25, 0.3) is 6.08 Å². The molecule has 0 saturated carbocycles. The Labute approximate surface area is 160 Å². The first-order valence-corrected chi connectivity index (χ1v) is 8.82. The van der Waals surface area contributed by atoms with Gasteiger partial charge in [0, 0.05) is 12.7 Å². The molecule has 144 valence electrons. The minimum absolute atomic E-state index is 0.112. The molecule has 0 radical (unpaired) electrons. The van der Waals surface area contributed by atoms with E-state index in [-0.39, 0.29) is 11.9 Å². The lowest BCUT2D eigenvalue weighted by atomic mass is 10.1. The summed E-state index contributed by atoms with van der Waals surface area (Å²) < 4.78 is 21.5. The van der Waals surface area contributed by atoms with Gasteiger partial charge in [-0.15, -0.1) is 0 Å². The van der Waals surface area contributed by atoms with Crippen LogP contribution in [0.15, 0.2) is 48.5 Å². The predicted octanol–water partition coefficient (Wildman–Crippen LogP) is 4.40. The van der Waals surface area contributed by atoms with Crippen molar-refractivity contribution in [2.75, 3.05) is 27.4 Å². The number of allylic oxidation sites excluding steroid dienone is 1. The molecule has 0 bridgehead atoms. The second-order valence-corrected chi connectivity index (χ2v) is 6.14. The van der Waals surface area contributed by atoms with Crippen molar-refractivity contribution in [2.24, 2.45) is 0 Å². The van der Waals surface area contributed by atoms with E-state index in [1.54, 1.807) is 44.6 Å². The van der Waals surface area contributed by atoms with Crippen molar-refractivity contribution in [3.63, 3.8) is 0 Å². The number of carbonyl (C=O) groups is 1. The number of hydrogen-bond acceptors (Lipinski definition) is 5. The van der Waals surface area contributed by atoms with Crippen molar-refractivity contribution < 1.29 is 23.7 Å². The fourth-order valence-corrected chi connectivity index (χ4v) is 2.37. The van der Waals surface area contributed by atoms with Gasteiger partial charge in [-0.1, -0.05) is 18.2 Å². The van der Waals surface area contributed by atoms with Gasteiger partial charge < -0.3 is 18.9 Å². The van der Waals surface area contributed by atoms with Gasteiger partial charge in [-0.3, -0.25) is 4.79 Å². The van der Waals surface area contributed by atoms with E-state index >= 15 is 0 Å². The van der Waals surface area contributed by atoms with Crippen LogP contribution in [-0.2, 0) is 4.74 Å². The molecule has 0 spiro atoms. The van der Waals surface area contributed by atoms with Crippen LogP contribution in [0, 0.1) is 0 Å². The summed E-state index contributed by atoms with van der Waals surface area (Å²) in [5.41, 5.74) is 1.45. The highest BCUT2D eigenvalue weighted by molar-refractivity contribution is 6.07. The molecule has 0 N–H and O–H groups in total. The molecular formula is C22H26O5. The first-order chi connectivity index (χ1) is 13.0. The van der Waals surface area contributed by atoms with Crippen LogP contribution in [-0.4, -0.2) is 39.3 Å².